The molecule has 0 spiro atoms. The molecule has 4 nitrogen and oxygen atoms in total. The Balaban J connectivity index is 2.71. The van der Waals surface area contributed by atoms with Crippen molar-refractivity contribution in [3.05, 3.63) is 38.9 Å². The van der Waals surface area contributed by atoms with Crippen molar-refractivity contribution in [1.82, 2.24) is 0 Å². The summed E-state index contributed by atoms with van der Waals surface area (Å²) in [5.74, 6) is 0.262. The molecule has 1 aromatic rings. The number of fused-ring (bicyclic) bond motifs is 1. The van der Waals surface area contributed by atoms with Gasteiger partial charge in [-0.2, -0.15) is 0 Å². The van der Waals surface area contributed by atoms with Crippen LogP contribution in [0.2, 0.25) is 0 Å². The van der Waals surface area contributed by atoms with E-state index in [9.17, 15) is 14.9 Å². The van der Waals surface area contributed by atoms with E-state index >= 15 is 0 Å². The van der Waals surface area contributed by atoms with Crippen molar-refractivity contribution in [2.45, 2.75) is 39.5 Å². The summed E-state index contributed by atoms with van der Waals surface area (Å²) in [4.78, 5) is 22.6. The van der Waals surface area contributed by atoms with Crippen molar-refractivity contribution in [1.29, 1.82) is 0 Å². The molecule has 1 aliphatic rings. The Kier molecular flexibility index (Phi) is 2.76. The Bertz CT molecular complexity index is 546. The average Bonchev–Trinajstić information content (AvgIpc) is 2.26. The zero-order valence-corrected chi connectivity index (χ0v) is 11.1. The van der Waals surface area contributed by atoms with E-state index in [1.165, 1.54) is 6.07 Å². The third-order valence-corrected chi connectivity index (χ3v) is 4.25. The molecule has 0 aromatic heterocycles. The molecule has 18 heavy (non-hydrogen) atoms. The van der Waals surface area contributed by atoms with Gasteiger partial charge in [0.05, 0.1) is 4.92 Å². The molecule has 0 bridgehead atoms. The van der Waals surface area contributed by atoms with Gasteiger partial charge in [0, 0.05) is 23.6 Å². The van der Waals surface area contributed by atoms with Gasteiger partial charge < -0.3 is 0 Å². The zero-order chi connectivity index (χ0) is 13.7. The van der Waals surface area contributed by atoms with Crippen LogP contribution in [0.3, 0.4) is 0 Å². The number of Topliss-reactive ketones (excluding diaryl/α,β-unsaturated/α-hetero) is 1. The fourth-order valence-electron chi connectivity index (χ4n) is 2.57. The summed E-state index contributed by atoms with van der Waals surface area (Å²) in [5, 5.41) is 10.9. The van der Waals surface area contributed by atoms with Gasteiger partial charge in [-0.15, -0.1) is 0 Å². The minimum atomic E-state index is -0.423. The molecule has 0 heterocycles. The van der Waals surface area contributed by atoms with Gasteiger partial charge in [0.15, 0.2) is 5.78 Å². The predicted molar refractivity (Wildman–Crippen MR) is 69.0 cm³/mol. The maximum absolute atomic E-state index is 12.0. The topological polar surface area (TPSA) is 60.2 Å². The highest BCUT2D eigenvalue weighted by molar-refractivity contribution is 6.00. The molecule has 0 radical (unpaired) electrons. The van der Waals surface area contributed by atoms with Crippen LogP contribution in [-0.2, 0) is 5.41 Å². The van der Waals surface area contributed by atoms with Crippen LogP contribution in [0, 0.1) is 23.0 Å². The second-order valence-corrected chi connectivity index (χ2v) is 5.69. The van der Waals surface area contributed by atoms with Gasteiger partial charge in [-0.25, -0.2) is 0 Å². The second-order valence-electron chi connectivity index (χ2n) is 5.69. The van der Waals surface area contributed by atoms with E-state index < -0.39 is 4.92 Å². The van der Waals surface area contributed by atoms with Crippen molar-refractivity contribution in [2.24, 2.45) is 5.92 Å². The number of nitrogens with zero attached hydrogens (tertiary/aromatic N) is 1. The molecule has 1 unspecified atom stereocenters. The number of ketones is 1. The highest BCUT2D eigenvalue weighted by Gasteiger charge is 2.38. The minimum Gasteiger partial charge on any atom is -0.294 e. The summed E-state index contributed by atoms with van der Waals surface area (Å²) < 4.78 is 0. The molecule has 96 valence electrons. The lowest BCUT2D eigenvalue weighted by Crippen LogP contribution is -2.35. The number of hydrogen-bond donors (Lipinski definition) is 0. The molecule has 0 amide bonds. The molecule has 0 aliphatic heterocycles. The normalized spacial score (nSPS) is 21.6. The summed E-state index contributed by atoms with van der Waals surface area (Å²) in [7, 11) is 0. The summed E-state index contributed by atoms with van der Waals surface area (Å²) in [6, 6.07) is 3.25. The summed E-state index contributed by atoms with van der Waals surface area (Å²) in [5.41, 5.74) is 1.99. The first kappa shape index (κ1) is 12.7. The second kappa shape index (κ2) is 3.90. The molecule has 1 atom stereocenters. The first-order valence-corrected chi connectivity index (χ1v) is 6.08. The van der Waals surface area contributed by atoms with Crippen molar-refractivity contribution in [3.8, 4) is 0 Å². The van der Waals surface area contributed by atoms with Crippen LogP contribution in [0.4, 0.5) is 5.69 Å². The number of hydrogen-bond acceptors (Lipinski definition) is 3. The molecule has 1 aliphatic carbocycles. The first-order valence-electron chi connectivity index (χ1n) is 6.08. The van der Waals surface area contributed by atoms with E-state index in [1.54, 1.807) is 13.0 Å². The smallest absolute Gasteiger partial charge is 0.273 e. The van der Waals surface area contributed by atoms with Crippen LogP contribution in [0.25, 0.3) is 0 Å². The van der Waals surface area contributed by atoms with E-state index in [-0.39, 0.29) is 22.8 Å². The van der Waals surface area contributed by atoms with Crippen molar-refractivity contribution < 1.29 is 9.72 Å². The van der Waals surface area contributed by atoms with Gasteiger partial charge >= 0.3 is 0 Å². The Hall–Kier alpha value is -1.71. The van der Waals surface area contributed by atoms with Gasteiger partial charge in [-0.3, -0.25) is 14.9 Å². The number of nitro groups is 1. The lowest BCUT2D eigenvalue weighted by atomic mass is 9.65. The van der Waals surface area contributed by atoms with Gasteiger partial charge in [0.2, 0.25) is 0 Å². The van der Waals surface area contributed by atoms with Crippen LogP contribution in [0.5, 0.6) is 0 Å². The average molecular weight is 247 g/mol. The summed E-state index contributed by atoms with van der Waals surface area (Å²) in [6.45, 7) is 7.96. The number of carbonyl (C=O) groups excluding carboxylic acids is 1. The predicted octanol–water partition coefficient (Wildman–Crippen LogP) is 3.40. The SMILES string of the molecule is Cc1cc2c(cc1[N+](=O)[O-])C(=O)CC(C)C2(C)C. The quantitative estimate of drug-likeness (QED) is 0.564. The highest BCUT2D eigenvalue weighted by atomic mass is 16.6. The molecule has 2 rings (SSSR count). The molecular weight excluding hydrogens is 230 g/mol. The van der Waals surface area contributed by atoms with Crippen LogP contribution in [0.1, 0.15) is 48.7 Å². The largest absolute Gasteiger partial charge is 0.294 e. The molecular formula is C14H17NO3. The first-order chi connectivity index (χ1) is 8.25. The zero-order valence-electron chi connectivity index (χ0n) is 11.1. The monoisotopic (exact) mass is 247 g/mol. The van der Waals surface area contributed by atoms with Gasteiger partial charge in [0.25, 0.3) is 5.69 Å². The molecule has 1 aromatic carbocycles. The standard InChI is InChI=1S/C14H17NO3/c1-8-5-11-10(7-12(8)15(17)18)13(16)6-9(2)14(11,3)4/h5,7,9H,6H2,1-4H3. The van der Waals surface area contributed by atoms with Gasteiger partial charge in [-0.1, -0.05) is 20.8 Å². The van der Waals surface area contributed by atoms with Gasteiger partial charge in [0.1, 0.15) is 0 Å². The molecule has 0 fully saturated rings. The summed E-state index contributed by atoms with van der Waals surface area (Å²) >= 11 is 0. The number of nitro benzene ring substituents is 1. The maximum Gasteiger partial charge on any atom is 0.273 e. The van der Waals surface area contributed by atoms with E-state index in [0.29, 0.717) is 17.5 Å². The third-order valence-electron chi connectivity index (χ3n) is 4.25. The minimum absolute atomic E-state index is 0.0138. The van der Waals surface area contributed by atoms with Gasteiger partial charge in [-0.05, 0) is 29.9 Å². The molecule has 4 heteroatoms. The summed E-state index contributed by atoms with van der Waals surface area (Å²) in [6.07, 6.45) is 0.459. The van der Waals surface area contributed by atoms with E-state index in [2.05, 4.69) is 20.8 Å². The van der Waals surface area contributed by atoms with E-state index in [0.717, 1.165) is 5.56 Å². The van der Waals surface area contributed by atoms with E-state index in [4.69, 9.17) is 0 Å². The number of aryl methyl sites for hydroxylation is 1. The fraction of sp³-hybridized carbons (Fsp3) is 0.500. The number of benzene rings is 1. The third kappa shape index (κ3) is 1.72. The van der Waals surface area contributed by atoms with Crippen LogP contribution in [-0.4, -0.2) is 10.7 Å². The number of rotatable bonds is 1. The van der Waals surface area contributed by atoms with Crippen LogP contribution >= 0.6 is 0 Å². The van der Waals surface area contributed by atoms with Crippen LogP contribution < -0.4 is 0 Å². The molecule has 0 saturated carbocycles. The molecule has 0 saturated heterocycles. The Morgan fingerprint density at radius 2 is 2.00 bits per heavy atom. The Morgan fingerprint density at radius 1 is 1.39 bits per heavy atom. The van der Waals surface area contributed by atoms with E-state index in [1.807, 2.05) is 0 Å². The van der Waals surface area contributed by atoms with Crippen LogP contribution in [0.15, 0.2) is 12.1 Å². The van der Waals surface area contributed by atoms with Crippen molar-refractivity contribution >= 4 is 11.5 Å². The van der Waals surface area contributed by atoms with Crippen molar-refractivity contribution in [2.75, 3.05) is 0 Å². The maximum atomic E-state index is 12.0. The Morgan fingerprint density at radius 3 is 2.56 bits per heavy atom. The fourth-order valence-corrected chi connectivity index (χ4v) is 2.57. The highest BCUT2D eigenvalue weighted by Crippen LogP contribution is 2.42. The lowest BCUT2D eigenvalue weighted by molar-refractivity contribution is -0.385. The molecule has 0 N–H and O–H groups in total. The number of carbonyl (C=O) groups is 1. The Labute approximate surface area is 106 Å². The van der Waals surface area contributed by atoms with Crippen molar-refractivity contribution in [3.63, 3.8) is 0 Å². The lowest BCUT2D eigenvalue weighted by Gasteiger charge is -2.37.